The van der Waals surface area contributed by atoms with Crippen molar-refractivity contribution in [1.29, 1.82) is 0 Å². The molecule has 1 aliphatic heterocycles. The van der Waals surface area contributed by atoms with Crippen LogP contribution in [0.15, 0.2) is 9.52 Å². The molecule has 1 fully saturated rings. The zero-order chi connectivity index (χ0) is 17.4. The topological polar surface area (TPSA) is 62.9 Å². The summed E-state index contributed by atoms with van der Waals surface area (Å²) in [6.45, 7) is 7.76. The number of nitrogens with one attached hydrogen (secondary N) is 1. The van der Waals surface area contributed by atoms with Crippen LogP contribution in [0, 0.1) is 19.8 Å². The molecule has 6 heteroatoms. The standard InChI is InChI=1S/C18H32N4O2/c1-14-17(15(2)24-21-14)6-5-10-20-18(19-3)22(4)11-7-16-8-12-23-13-9-16/h16H,5-13H2,1-4H3,(H,19,20). The molecule has 0 amide bonds. The van der Waals surface area contributed by atoms with E-state index in [2.05, 4.69) is 27.4 Å². The van der Waals surface area contributed by atoms with Gasteiger partial charge in [-0.05, 0) is 51.9 Å². The third kappa shape index (κ3) is 5.51. The van der Waals surface area contributed by atoms with E-state index < -0.39 is 0 Å². The maximum absolute atomic E-state index is 5.43. The van der Waals surface area contributed by atoms with Gasteiger partial charge in [0.25, 0.3) is 0 Å². The van der Waals surface area contributed by atoms with Crippen molar-refractivity contribution in [2.24, 2.45) is 10.9 Å². The Morgan fingerprint density at radius 1 is 1.33 bits per heavy atom. The summed E-state index contributed by atoms with van der Waals surface area (Å²) < 4.78 is 10.6. The van der Waals surface area contributed by atoms with Gasteiger partial charge in [-0.2, -0.15) is 0 Å². The molecule has 0 unspecified atom stereocenters. The van der Waals surface area contributed by atoms with E-state index in [0.717, 1.165) is 62.5 Å². The van der Waals surface area contributed by atoms with Crippen LogP contribution < -0.4 is 5.32 Å². The van der Waals surface area contributed by atoms with Gasteiger partial charge in [0.15, 0.2) is 5.96 Å². The fraction of sp³-hybridized carbons (Fsp3) is 0.778. The van der Waals surface area contributed by atoms with Gasteiger partial charge in [0.05, 0.1) is 5.69 Å². The molecule has 136 valence electrons. The maximum Gasteiger partial charge on any atom is 0.193 e. The molecule has 0 aromatic carbocycles. The second-order valence-electron chi connectivity index (χ2n) is 6.65. The van der Waals surface area contributed by atoms with E-state index in [9.17, 15) is 0 Å². The molecule has 2 rings (SSSR count). The van der Waals surface area contributed by atoms with Gasteiger partial charge in [-0.1, -0.05) is 5.16 Å². The van der Waals surface area contributed by atoms with Crippen LogP contribution in [0.1, 0.15) is 42.7 Å². The largest absolute Gasteiger partial charge is 0.381 e. The number of rotatable bonds is 7. The first-order valence-electron chi connectivity index (χ1n) is 9.03. The van der Waals surface area contributed by atoms with Crippen molar-refractivity contribution in [2.45, 2.75) is 46.0 Å². The molecule has 0 atom stereocenters. The zero-order valence-electron chi connectivity index (χ0n) is 15.6. The fourth-order valence-corrected chi connectivity index (χ4v) is 3.23. The van der Waals surface area contributed by atoms with Crippen molar-refractivity contribution >= 4 is 5.96 Å². The number of guanidine groups is 1. The van der Waals surface area contributed by atoms with Crippen molar-refractivity contribution in [1.82, 2.24) is 15.4 Å². The highest BCUT2D eigenvalue weighted by Gasteiger charge is 2.15. The molecule has 2 heterocycles. The van der Waals surface area contributed by atoms with Crippen molar-refractivity contribution in [3.63, 3.8) is 0 Å². The Morgan fingerprint density at radius 3 is 2.71 bits per heavy atom. The van der Waals surface area contributed by atoms with Crippen LogP contribution in [-0.2, 0) is 11.2 Å². The average molecular weight is 336 g/mol. The van der Waals surface area contributed by atoms with Crippen LogP contribution in [0.4, 0.5) is 0 Å². The van der Waals surface area contributed by atoms with Gasteiger partial charge in [0, 0.05) is 46.0 Å². The first-order chi connectivity index (χ1) is 11.6. The predicted molar refractivity (Wildman–Crippen MR) is 96.4 cm³/mol. The van der Waals surface area contributed by atoms with Crippen molar-refractivity contribution in [3.05, 3.63) is 17.0 Å². The molecule has 0 saturated carbocycles. The Hall–Kier alpha value is -1.56. The molecule has 24 heavy (non-hydrogen) atoms. The van der Waals surface area contributed by atoms with E-state index in [-0.39, 0.29) is 0 Å². The second kappa shape index (κ2) is 9.67. The molecule has 1 aliphatic rings. The van der Waals surface area contributed by atoms with E-state index in [4.69, 9.17) is 9.26 Å². The van der Waals surface area contributed by atoms with Crippen LogP contribution in [0.2, 0.25) is 0 Å². The van der Waals surface area contributed by atoms with Gasteiger partial charge in [0.1, 0.15) is 5.76 Å². The van der Waals surface area contributed by atoms with Gasteiger partial charge in [-0.25, -0.2) is 0 Å². The Kier molecular flexibility index (Phi) is 7.56. The van der Waals surface area contributed by atoms with Crippen molar-refractivity contribution < 1.29 is 9.26 Å². The lowest BCUT2D eigenvalue weighted by Gasteiger charge is -2.26. The molecule has 0 radical (unpaired) electrons. The van der Waals surface area contributed by atoms with Gasteiger partial charge in [-0.3, -0.25) is 4.99 Å². The van der Waals surface area contributed by atoms with Crippen LogP contribution >= 0.6 is 0 Å². The quantitative estimate of drug-likeness (QED) is 0.471. The summed E-state index contributed by atoms with van der Waals surface area (Å²) >= 11 is 0. The Bertz CT molecular complexity index is 502. The molecule has 1 aromatic rings. The van der Waals surface area contributed by atoms with Gasteiger partial charge in [-0.15, -0.1) is 0 Å². The van der Waals surface area contributed by atoms with E-state index in [1.54, 1.807) is 0 Å². The van der Waals surface area contributed by atoms with Gasteiger partial charge in [0.2, 0.25) is 0 Å². The molecule has 6 nitrogen and oxygen atoms in total. The SMILES string of the molecule is CN=C(NCCCc1c(C)noc1C)N(C)CCC1CCOCC1. The van der Waals surface area contributed by atoms with E-state index in [1.807, 2.05) is 20.9 Å². The lowest BCUT2D eigenvalue weighted by Crippen LogP contribution is -2.40. The van der Waals surface area contributed by atoms with Crippen LogP contribution in [0.25, 0.3) is 0 Å². The summed E-state index contributed by atoms with van der Waals surface area (Å²) in [6.07, 6.45) is 5.61. The van der Waals surface area contributed by atoms with Crippen molar-refractivity contribution in [2.75, 3.05) is 40.4 Å². The van der Waals surface area contributed by atoms with E-state index in [0.29, 0.717) is 0 Å². The average Bonchev–Trinajstić information content (AvgIpc) is 2.92. The number of aryl methyl sites for hydroxylation is 2. The van der Waals surface area contributed by atoms with Gasteiger partial charge < -0.3 is 19.5 Å². The lowest BCUT2D eigenvalue weighted by atomic mass is 9.96. The minimum absolute atomic E-state index is 0.791. The maximum atomic E-state index is 5.43. The number of hydrogen-bond donors (Lipinski definition) is 1. The predicted octanol–water partition coefficient (Wildman–Crippen LogP) is 2.55. The highest BCUT2D eigenvalue weighted by molar-refractivity contribution is 5.79. The second-order valence-corrected chi connectivity index (χ2v) is 6.65. The van der Waals surface area contributed by atoms with Crippen molar-refractivity contribution in [3.8, 4) is 0 Å². The Balaban J connectivity index is 1.67. The number of ether oxygens (including phenoxy) is 1. The minimum Gasteiger partial charge on any atom is -0.381 e. The highest BCUT2D eigenvalue weighted by Crippen LogP contribution is 2.18. The van der Waals surface area contributed by atoms with Crippen LogP contribution in [-0.4, -0.2) is 56.4 Å². The molecular weight excluding hydrogens is 304 g/mol. The zero-order valence-corrected chi connectivity index (χ0v) is 15.6. The third-order valence-corrected chi connectivity index (χ3v) is 4.85. The first kappa shape index (κ1) is 18.8. The van der Waals surface area contributed by atoms with Gasteiger partial charge >= 0.3 is 0 Å². The number of aliphatic imine (C=N–C) groups is 1. The summed E-state index contributed by atoms with van der Waals surface area (Å²) in [5, 5.41) is 7.47. The normalized spacial score (nSPS) is 16.4. The molecule has 1 aromatic heterocycles. The summed E-state index contributed by atoms with van der Waals surface area (Å²) in [6, 6.07) is 0. The first-order valence-corrected chi connectivity index (χ1v) is 9.03. The molecule has 1 N–H and O–H groups in total. The number of aromatic nitrogens is 1. The highest BCUT2D eigenvalue weighted by atomic mass is 16.5. The van der Waals surface area contributed by atoms with E-state index >= 15 is 0 Å². The molecule has 1 saturated heterocycles. The third-order valence-electron chi connectivity index (χ3n) is 4.85. The Morgan fingerprint density at radius 2 is 2.08 bits per heavy atom. The van der Waals surface area contributed by atoms with Crippen LogP contribution in [0.5, 0.6) is 0 Å². The summed E-state index contributed by atoms with van der Waals surface area (Å²) in [5.41, 5.74) is 2.24. The summed E-state index contributed by atoms with van der Waals surface area (Å²) in [5.74, 6) is 2.70. The summed E-state index contributed by atoms with van der Waals surface area (Å²) in [4.78, 5) is 6.62. The lowest BCUT2D eigenvalue weighted by molar-refractivity contribution is 0.0625. The Labute approximate surface area is 145 Å². The van der Waals surface area contributed by atoms with Crippen LogP contribution in [0.3, 0.4) is 0 Å². The molecule has 0 aliphatic carbocycles. The van der Waals surface area contributed by atoms with E-state index in [1.165, 1.54) is 24.8 Å². The summed E-state index contributed by atoms with van der Waals surface area (Å²) in [7, 11) is 3.96. The fourth-order valence-electron chi connectivity index (χ4n) is 3.23. The minimum atomic E-state index is 0.791. The molecular formula is C18H32N4O2. The number of nitrogens with zero attached hydrogens (tertiary/aromatic N) is 3. The number of hydrogen-bond acceptors (Lipinski definition) is 4. The molecule has 0 bridgehead atoms. The monoisotopic (exact) mass is 336 g/mol. The molecule has 0 spiro atoms. The smallest absolute Gasteiger partial charge is 0.193 e.